The van der Waals surface area contributed by atoms with Gasteiger partial charge in [-0.25, -0.2) is 0 Å². The van der Waals surface area contributed by atoms with Gasteiger partial charge in [-0.05, 0) is 154 Å². The van der Waals surface area contributed by atoms with Crippen molar-refractivity contribution in [1.82, 2.24) is 0 Å². The summed E-state index contributed by atoms with van der Waals surface area (Å²) in [7, 11) is 0. The van der Waals surface area contributed by atoms with Gasteiger partial charge in [-0.1, -0.05) is 274 Å². The zero-order chi connectivity index (χ0) is 59.9. The molecule has 0 N–H and O–H groups in total. The number of hydrogen-bond acceptors (Lipinski definition) is 6. The van der Waals surface area contributed by atoms with E-state index in [2.05, 4.69) is 203 Å². The average Bonchev–Trinajstić information content (AvgIpc) is 3.49. The van der Waals surface area contributed by atoms with Gasteiger partial charge in [0.05, 0.1) is 0 Å². The topological polar surface area (TPSA) is 78.9 Å². The molecule has 6 nitrogen and oxygen atoms in total. The molecule has 0 radical (unpaired) electrons. The van der Waals surface area contributed by atoms with Crippen molar-refractivity contribution in [2.45, 2.75) is 271 Å². The Morgan fingerprint density at radius 2 is 0.434 bits per heavy atom. The molecule has 0 aliphatic rings. The molecule has 464 valence electrons. The fraction of sp³-hybridized carbons (Fsp3) is 0.571. The first-order valence-corrected chi connectivity index (χ1v) is 33.3. The van der Waals surface area contributed by atoms with Crippen LogP contribution < -0.4 is 0 Å². The molecule has 0 fully saturated rings. The van der Waals surface area contributed by atoms with Crippen LogP contribution in [0.4, 0.5) is 0 Å². The Labute approximate surface area is 510 Å². The molecule has 0 bridgehead atoms. The molecular formula is C77H120O6. The normalized spacial score (nSPS) is 13.3. The largest absolute Gasteiger partial charge is 0.462 e. The number of carbonyl (C=O) groups is 3. The van der Waals surface area contributed by atoms with Crippen LogP contribution in [0.25, 0.3) is 0 Å². The molecule has 0 rings (SSSR count). The highest BCUT2D eigenvalue weighted by Gasteiger charge is 2.19. The molecule has 0 amide bonds. The number of carbonyl (C=O) groups excluding carboxylic acids is 3. The lowest BCUT2D eigenvalue weighted by molar-refractivity contribution is -0.167. The van der Waals surface area contributed by atoms with Crippen LogP contribution in [0.15, 0.2) is 182 Å². The Hall–Kier alpha value is -5.49. The molecule has 83 heavy (non-hydrogen) atoms. The fourth-order valence-electron chi connectivity index (χ4n) is 8.52. The van der Waals surface area contributed by atoms with Crippen molar-refractivity contribution in [2.75, 3.05) is 13.2 Å². The van der Waals surface area contributed by atoms with Crippen LogP contribution in [-0.4, -0.2) is 37.2 Å². The number of allylic oxidation sites excluding steroid dienone is 30. The number of esters is 3. The lowest BCUT2D eigenvalue weighted by Gasteiger charge is -2.18. The van der Waals surface area contributed by atoms with E-state index >= 15 is 0 Å². The molecule has 1 unspecified atom stereocenters. The summed E-state index contributed by atoms with van der Waals surface area (Å²) in [5.41, 5.74) is 0. The van der Waals surface area contributed by atoms with Crippen molar-refractivity contribution in [3.05, 3.63) is 182 Å². The third-order valence-corrected chi connectivity index (χ3v) is 13.4. The van der Waals surface area contributed by atoms with Gasteiger partial charge in [-0.2, -0.15) is 0 Å². The summed E-state index contributed by atoms with van der Waals surface area (Å²) in [6, 6.07) is 0. The number of hydrogen-bond donors (Lipinski definition) is 0. The second-order valence-electron chi connectivity index (χ2n) is 21.2. The first kappa shape index (κ1) is 77.5. The standard InChI is InChI=1S/C77H120O6/c1-4-7-10-13-16-19-22-25-28-29-30-31-32-33-34-35-36-37-38-39-40-41-42-43-44-45-46-47-50-52-55-58-61-64-67-70-76(79)82-73-74(83-77(80)71-68-65-62-59-56-53-49-27-24-21-18-15-12-9-6-3)72-81-75(78)69-66-63-60-57-54-51-48-26-23-20-17-14-11-8-5-2/h7-12,16-21,25-28,30-31,33-34,36-37,39-40,42-43,48-49,56,59,74H,4-6,13-15,22-24,29,32,35,38,41,44-47,50-55,57-58,60-73H2,1-3H3/b10-7-,11-8-,12-9-,19-16-,20-17-,21-18-,28-25-,31-30-,34-33-,37-36-,40-39-,43-42-,48-26-,49-27-,59-56-. The predicted octanol–water partition coefficient (Wildman–Crippen LogP) is 23.2. The number of unbranched alkanes of at least 4 members (excludes halogenated alkanes) is 17. The minimum Gasteiger partial charge on any atom is -0.462 e. The smallest absolute Gasteiger partial charge is 0.306 e. The summed E-state index contributed by atoms with van der Waals surface area (Å²) >= 11 is 0. The quantitative estimate of drug-likeness (QED) is 0.0261. The molecule has 6 heteroatoms. The Morgan fingerprint density at radius 1 is 0.241 bits per heavy atom. The first-order chi connectivity index (χ1) is 41.0. The molecule has 0 saturated carbocycles. The number of ether oxygens (including phenoxy) is 3. The Bertz CT molecular complexity index is 1940. The second kappa shape index (κ2) is 69.0. The number of rotatable bonds is 58. The van der Waals surface area contributed by atoms with Gasteiger partial charge in [0.15, 0.2) is 6.10 Å². The van der Waals surface area contributed by atoms with Gasteiger partial charge in [-0.15, -0.1) is 0 Å². The van der Waals surface area contributed by atoms with E-state index in [0.717, 1.165) is 173 Å². The van der Waals surface area contributed by atoms with Crippen molar-refractivity contribution in [1.29, 1.82) is 0 Å². The molecule has 0 saturated heterocycles. The van der Waals surface area contributed by atoms with E-state index in [1.54, 1.807) is 0 Å². The second-order valence-corrected chi connectivity index (χ2v) is 21.2. The van der Waals surface area contributed by atoms with Gasteiger partial charge in [-0.3, -0.25) is 14.4 Å². The highest BCUT2D eigenvalue weighted by atomic mass is 16.6. The van der Waals surface area contributed by atoms with Gasteiger partial charge < -0.3 is 14.2 Å². The van der Waals surface area contributed by atoms with Crippen molar-refractivity contribution in [3.63, 3.8) is 0 Å². The van der Waals surface area contributed by atoms with E-state index in [0.29, 0.717) is 19.3 Å². The Kier molecular flexibility index (Phi) is 64.4. The van der Waals surface area contributed by atoms with Gasteiger partial charge in [0.1, 0.15) is 13.2 Å². The summed E-state index contributed by atoms with van der Waals surface area (Å²) in [4.78, 5) is 38.3. The molecule has 0 aromatic rings. The summed E-state index contributed by atoms with van der Waals surface area (Å²) in [5, 5.41) is 0. The Morgan fingerprint density at radius 3 is 0.699 bits per heavy atom. The van der Waals surface area contributed by atoms with E-state index in [1.807, 2.05) is 0 Å². The molecule has 1 atom stereocenters. The highest BCUT2D eigenvalue weighted by Crippen LogP contribution is 2.14. The van der Waals surface area contributed by atoms with Crippen LogP contribution in [0, 0.1) is 0 Å². The molecule has 0 aliphatic heterocycles. The summed E-state index contributed by atoms with van der Waals surface area (Å²) in [5.74, 6) is -0.979. The van der Waals surface area contributed by atoms with Crippen molar-refractivity contribution in [2.24, 2.45) is 0 Å². The average molecular weight is 1140 g/mol. The van der Waals surface area contributed by atoms with E-state index in [1.165, 1.54) is 44.9 Å². The molecule has 0 aromatic carbocycles. The third-order valence-electron chi connectivity index (χ3n) is 13.4. The minimum atomic E-state index is -0.819. The van der Waals surface area contributed by atoms with Crippen molar-refractivity contribution < 1.29 is 28.6 Å². The molecule has 0 aromatic heterocycles. The van der Waals surface area contributed by atoms with Crippen LogP contribution in [-0.2, 0) is 28.6 Å². The van der Waals surface area contributed by atoms with E-state index in [9.17, 15) is 14.4 Å². The van der Waals surface area contributed by atoms with Crippen molar-refractivity contribution >= 4 is 17.9 Å². The van der Waals surface area contributed by atoms with Crippen molar-refractivity contribution in [3.8, 4) is 0 Å². The van der Waals surface area contributed by atoms with Crippen LogP contribution in [0.2, 0.25) is 0 Å². The lowest BCUT2D eigenvalue weighted by Crippen LogP contribution is -2.30. The zero-order valence-electron chi connectivity index (χ0n) is 53.1. The molecular weight excluding hydrogens is 1020 g/mol. The van der Waals surface area contributed by atoms with E-state index in [-0.39, 0.29) is 37.5 Å². The third kappa shape index (κ3) is 67.2. The van der Waals surface area contributed by atoms with Crippen LogP contribution in [0.5, 0.6) is 0 Å². The summed E-state index contributed by atoms with van der Waals surface area (Å²) < 4.78 is 16.9. The summed E-state index contributed by atoms with van der Waals surface area (Å²) in [6.45, 7) is 6.24. The maximum Gasteiger partial charge on any atom is 0.306 e. The molecule has 0 heterocycles. The molecule has 0 aliphatic carbocycles. The van der Waals surface area contributed by atoms with Crippen LogP contribution in [0.1, 0.15) is 265 Å². The predicted molar refractivity (Wildman–Crippen MR) is 361 cm³/mol. The minimum absolute atomic E-state index is 0.110. The lowest BCUT2D eigenvalue weighted by atomic mass is 10.1. The maximum atomic E-state index is 12.9. The zero-order valence-corrected chi connectivity index (χ0v) is 53.1. The molecule has 0 spiro atoms. The summed E-state index contributed by atoms with van der Waals surface area (Å²) in [6.07, 6.45) is 103. The monoisotopic (exact) mass is 1140 g/mol. The SMILES string of the molecule is CC/C=C\C/C=C\C/C=C\C/C=C\C/C=C\C/C=C\C/C=C\C/C=C\CCCCCCCCCCCCC(=O)OCC(COC(=O)CCCCCCC/C=C\C/C=C\C/C=C\CC)OC(=O)CCCC/C=C\C/C=C\C/C=C\C/C=C\CC. The first-order valence-electron chi connectivity index (χ1n) is 33.3. The van der Waals surface area contributed by atoms with Gasteiger partial charge in [0.25, 0.3) is 0 Å². The van der Waals surface area contributed by atoms with Crippen LogP contribution in [0.3, 0.4) is 0 Å². The van der Waals surface area contributed by atoms with Gasteiger partial charge in [0.2, 0.25) is 0 Å². The van der Waals surface area contributed by atoms with E-state index in [4.69, 9.17) is 14.2 Å². The highest BCUT2D eigenvalue weighted by molar-refractivity contribution is 5.71. The van der Waals surface area contributed by atoms with Crippen LogP contribution >= 0.6 is 0 Å². The maximum absolute atomic E-state index is 12.9. The van der Waals surface area contributed by atoms with Gasteiger partial charge in [0, 0.05) is 19.3 Å². The Balaban J connectivity index is 4.31. The fourth-order valence-corrected chi connectivity index (χ4v) is 8.52. The van der Waals surface area contributed by atoms with E-state index < -0.39 is 6.10 Å². The van der Waals surface area contributed by atoms with Gasteiger partial charge >= 0.3 is 17.9 Å².